The summed E-state index contributed by atoms with van der Waals surface area (Å²) in [6.07, 6.45) is 2.09. The Bertz CT molecular complexity index is 515. The van der Waals surface area contributed by atoms with E-state index >= 15 is 0 Å². The number of carboxylic acid groups (broad SMARTS) is 1. The molecule has 0 aliphatic heterocycles. The summed E-state index contributed by atoms with van der Waals surface area (Å²) in [5, 5.41) is 11.8. The second-order valence-electron chi connectivity index (χ2n) is 6.60. The molecule has 1 rings (SSSR count). The average Bonchev–Trinajstić information content (AvgIpc) is 2.65. The third kappa shape index (κ3) is 5.62. The van der Waals surface area contributed by atoms with Crippen molar-refractivity contribution in [3.8, 4) is 0 Å². The first kappa shape index (κ1) is 17.9. The zero-order valence-electron chi connectivity index (χ0n) is 12.8. The summed E-state index contributed by atoms with van der Waals surface area (Å²) in [6, 6.07) is 0. The molecule has 0 aromatic rings. The number of rotatable bonds is 6. The van der Waals surface area contributed by atoms with E-state index in [4.69, 9.17) is 5.11 Å². The second-order valence-corrected chi connectivity index (χ2v) is 8.35. The molecule has 0 aromatic carbocycles. The van der Waals surface area contributed by atoms with Crippen molar-refractivity contribution in [2.24, 2.45) is 17.8 Å². The van der Waals surface area contributed by atoms with E-state index in [0.29, 0.717) is 12.8 Å². The molecule has 1 amide bonds. The van der Waals surface area contributed by atoms with Gasteiger partial charge in [-0.05, 0) is 32.6 Å². The Morgan fingerprint density at radius 3 is 2.24 bits per heavy atom. The van der Waals surface area contributed by atoms with Crippen LogP contribution in [0.25, 0.3) is 0 Å². The van der Waals surface area contributed by atoms with Crippen LogP contribution in [0.2, 0.25) is 0 Å². The monoisotopic (exact) mass is 320 g/mol. The largest absolute Gasteiger partial charge is 0.481 e. The molecule has 0 radical (unpaired) electrons. The van der Waals surface area contributed by atoms with Crippen molar-refractivity contribution >= 4 is 21.9 Å². The van der Waals surface area contributed by atoms with Crippen LogP contribution in [0.3, 0.4) is 0 Å². The van der Waals surface area contributed by atoms with Crippen LogP contribution in [-0.4, -0.2) is 43.7 Å². The van der Waals surface area contributed by atoms with Gasteiger partial charge in [0, 0.05) is 12.1 Å². The first-order valence-electron chi connectivity index (χ1n) is 6.91. The number of hydrogen-bond donors (Lipinski definition) is 3. The lowest BCUT2D eigenvalue weighted by atomic mass is 9.95. The van der Waals surface area contributed by atoms with E-state index in [1.54, 1.807) is 13.8 Å². The van der Waals surface area contributed by atoms with Gasteiger partial charge in [-0.2, -0.15) is 0 Å². The number of carboxylic acids is 1. The van der Waals surface area contributed by atoms with E-state index in [1.807, 2.05) is 6.92 Å². The zero-order chi connectivity index (χ0) is 16.4. The summed E-state index contributed by atoms with van der Waals surface area (Å²) in [6.45, 7) is 5.34. The van der Waals surface area contributed by atoms with E-state index in [9.17, 15) is 18.0 Å². The van der Waals surface area contributed by atoms with Crippen LogP contribution < -0.4 is 10.0 Å². The number of nitrogens with one attached hydrogen (secondary N) is 2. The van der Waals surface area contributed by atoms with Crippen molar-refractivity contribution in [3.05, 3.63) is 0 Å². The minimum atomic E-state index is -3.38. The lowest BCUT2D eigenvalue weighted by Gasteiger charge is -2.26. The van der Waals surface area contributed by atoms with Gasteiger partial charge in [-0.15, -0.1) is 0 Å². The maximum atomic E-state index is 12.2. The Balaban J connectivity index is 2.63. The minimum absolute atomic E-state index is 0.107. The molecule has 0 saturated heterocycles. The quantitative estimate of drug-likeness (QED) is 0.646. The van der Waals surface area contributed by atoms with Gasteiger partial charge in [0.1, 0.15) is 0 Å². The topological polar surface area (TPSA) is 113 Å². The fraction of sp³-hybridized carbons (Fsp3) is 0.846. The molecule has 1 aliphatic carbocycles. The first-order valence-corrected chi connectivity index (χ1v) is 8.80. The lowest BCUT2D eigenvalue weighted by molar-refractivity contribution is -0.146. The summed E-state index contributed by atoms with van der Waals surface area (Å²) >= 11 is 0. The van der Waals surface area contributed by atoms with Gasteiger partial charge in [-0.1, -0.05) is 6.92 Å². The van der Waals surface area contributed by atoms with Gasteiger partial charge in [-0.25, -0.2) is 13.1 Å². The van der Waals surface area contributed by atoms with Crippen LogP contribution in [0.1, 0.15) is 33.6 Å². The molecular weight excluding hydrogens is 296 g/mol. The van der Waals surface area contributed by atoms with Gasteiger partial charge >= 0.3 is 5.97 Å². The molecule has 1 aliphatic rings. The van der Waals surface area contributed by atoms with Gasteiger partial charge < -0.3 is 10.4 Å². The SMILES string of the molecule is CC1C[C@H](C(=O)NCC(C)(C)NS(C)(=O)=O)[C@H](C(=O)O)C1. The highest BCUT2D eigenvalue weighted by Gasteiger charge is 2.41. The molecule has 21 heavy (non-hydrogen) atoms. The van der Waals surface area contributed by atoms with Gasteiger partial charge in [-0.3, -0.25) is 9.59 Å². The van der Waals surface area contributed by atoms with E-state index in [2.05, 4.69) is 10.0 Å². The van der Waals surface area contributed by atoms with E-state index in [0.717, 1.165) is 6.26 Å². The molecule has 0 spiro atoms. The Hall–Kier alpha value is -1.15. The van der Waals surface area contributed by atoms with Crippen LogP contribution in [0, 0.1) is 17.8 Å². The van der Waals surface area contributed by atoms with Crippen molar-refractivity contribution in [1.82, 2.24) is 10.0 Å². The van der Waals surface area contributed by atoms with Crippen LogP contribution in [0.4, 0.5) is 0 Å². The third-order valence-electron chi connectivity index (χ3n) is 3.62. The van der Waals surface area contributed by atoms with Gasteiger partial charge in [0.15, 0.2) is 0 Å². The van der Waals surface area contributed by atoms with Gasteiger partial charge in [0.05, 0.1) is 18.1 Å². The molecule has 0 bridgehead atoms. The van der Waals surface area contributed by atoms with Crippen molar-refractivity contribution in [2.75, 3.05) is 12.8 Å². The molecule has 122 valence electrons. The molecule has 3 N–H and O–H groups in total. The number of carbonyl (C=O) groups excluding carboxylic acids is 1. The van der Waals surface area contributed by atoms with Gasteiger partial charge in [0.2, 0.25) is 15.9 Å². The Morgan fingerprint density at radius 2 is 1.76 bits per heavy atom. The number of sulfonamides is 1. The predicted octanol–water partition coefficient (Wildman–Crippen LogP) is 0.177. The Morgan fingerprint density at radius 1 is 1.24 bits per heavy atom. The molecule has 0 aromatic heterocycles. The molecule has 1 fully saturated rings. The summed E-state index contributed by atoms with van der Waals surface area (Å²) in [4.78, 5) is 23.3. The van der Waals surface area contributed by atoms with Crippen LogP contribution in [-0.2, 0) is 19.6 Å². The maximum Gasteiger partial charge on any atom is 0.307 e. The lowest BCUT2D eigenvalue weighted by Crippen LogP contribution is -2.52. The third-order valence-corrected chi connectivity index (χ3v) is 4.54. The molecule has 3 atom stereocenters. The maximum absolute atomic E-state index is 12.2. The normalized spacial score (nSPS) is 26.6. The molecule has 7 nitrogen and oxygen atoms in total. The van der Waals surface area contributed by atoms with Crippen LogP contribution >= 0.6 is 0 Å². The Kier molecular flexibility index (Phi) is 5.38. The average molecular weight is 320 g/mol. The van der Waals surface area contributed by atoms with Gasteiger partial charge in [0.25, 0.3) is 0 Å². The number of carbonyl (C=O) groups is 2. The van der Waals surface area contributed by atoms with Crippen molar-refractivity contribution in [2.45, 2.75) is 39.2 Å². The van der Waals surface area contributed by atoms with Crippen LogP contribution in [0.5, 0.6) is 0 Å². The highest BCUT2D eigenvalue weighted by molar-refractivity contribution is 7.88. The predicted molar refractivity (Wildman–Crippen MR) is 78.1 cm³/mol. The van der Waals surface area contributed by atoms with E-state index in [-0.39, 0.29) is 18.4 Å². The fourth-order valence-electron chi connectivity index (χ4n) is 2.83. The minimum Gasteiger partial charge on any atom is -0.481 e. The highest BCUT2D eigenvalue weighted by atomic mass is 32.2. The van der Waals surface area contributed by atoms with Crippen molar-refractivity contribution in [3.63, 3.8) is 0 Å². The van der Waals surface area contributed by atoms with E-state index in [1.165, 1.54) is 0 Å². The zero-order valence-corrected chi connectivity index (χ0v) is 13.7. The van der Waals surface area contributed by atoms with Crippen molar-refractivity contribution in [1.29, 1.82) is 0 Å². The summed E-state index contributed by atoms with van der Waals surface area (Å²) in [5.74, 6) is -2.29. The summed E-state index contributed by atoms with van der Waals surface area (Å²) < 4.78 is 24.9. The molecule has 8 heteroatoms. The Labute approximate surface area is 125 Å². The van der Waals surface area contributed by atoms with Crippen LogP contribution in [0.15, 0.2) is 0 Å². The fourth-order valence-corrected chi connectivity index (χ4v) is 3.91. The number of hydrogen-bond acceptors (Lipinski definition) is 4. The smallest absolute Gasteiger partial charge is 0.307 e. The standard InChI is InChI=1S/C13H24N2O5S/c1-8-5-9(10(6-8)12(17)18)11(16)14-7-13(2,3)15-21(4,19)20/h8-10,15H,5-7H2,1-4H3,(H,14,16)(H,17,18)/t8?,9-,10+/m0/s1. The second kappa shape index (κ2) is 6.31. The summed E-state index contributed by atoms with van der Waals surface area (Å²) in [5.41, 5.74) is -0.827. The molecular formula is C13H24N2O5S. The first-order chi connectivity index (χ1) is 9.41. The molecule has 0 heterocycles. The number of amides is 1. The summed E-state index contributed by atoms with van der Waals surface area (Å²) in [7, 11) is -3.38. The molecule has 1 saturated carbocycles. The number of aliphatic carboxylic acids is 1. The highest BCUT2D eigenvalue weighted by Crippen LogP contribution is 2.36. The van der Waals surface area contributed by atoms with Crippen molar-refractivity contribution < 1.29 is 23.1 Å². The molecule has 1 unspecified atom stereocenters. The van der Waals surface area contributed by atoms with E-state index < -0.39 is 33.4 Å².